The second-order valence-electron chi connectivity index (χ2n) is 2.09. The molecule has 1 rings (SSSR count). The number of hydrogen-bond donors (Lipinski definition) is 0. The van der Waals surface area contributed by atoms with Crippen LogP contribution in [0.3, 0.4) is 0 Å². The van der Waals surface area contributed by atoms with Crippen LogP contribution in [0.2, 0.25) is 0 Å². The first kappa shape index (κ1) is 9.13. The zero-order valence-electron chi connectivity index (χ0n) is 5.59. The molecule has 0 unspecified atom stereocenters. The minimum Gasteiger partial charge on any atom is -0.206 e. The second-order valence-corrected chi connectivity index (χ2v) is 3.74. The van der Waals surface area contributed by atoms with Crippen molar-refractivity contribution in [1.29, 1.82) is 0 Å². The van der Waals surface area contributed by atoms with Gasteiger partial charge >= 0.3 is 0 Å². The Hall–Kier alpha value is 0.0400. The van der Waals surface area contributed by atoms with Crippen molar-refractivity contribution < 1.29 is 8.78 Å². The molecule has 1 aromatic rings. The van der Waals surface area contributed by atoms with Gasteiger partial charge in [0.2, 0.25) is 0 Å². The molecule has 0 aliphatic carbocycles. The van der Waals surface area contributed by atoms with Crippen LogP contribution in [0.5, 0.6) is 0 Å². The van der Waals surface area contributed by atoms with Crippen LogP contribution in [0.1, 0.15) is 5.56 Å². The minimum atomic E-state index is -0.597. The molecule has 0 radical (unpaired) electrons. The number of halogens is 4. The van der Waals surface area contributed by atoms with Crippen LogP contribution in [-0.4, -0.2) is 0 Å². The Kier molecular flexibility index (Phi) is 2.65. The van der Waals surface area contributed by atoms with Gasteiger partial charge in [-0.1, -0.05) is 15.9 Å². The fourth-order valence-electron chi connectivity index (χ4n) is 0.657. The van der Waals surface area contributed by atoms with Crippen LogP contribution in [0.4, 0.5) is 8.78 Å². The second kappa shape index (κ2) is 3.19. The molecule has 0 fully saturated rings. The zero-order valence-corrected chi connectivity index (χ0v) is 8.76. The number of hydrogen-bond acceptors (Lipinski definition) is 0. The first-order valence-electron chi connectivity index (χ1n) is 2.83. The van der Waals surface area contributed by atoms with Crippen LogP contribution in [0.25, 0.3) is 0 Å². The fourth-order valence-corrected chi connectivity index (χ4v) is 1.44. The Bertz CT molecular complexity index is 271. The number of rotatable bonds is 0. The molecule has 0 N–H and O–H groups in total. The van der Waals surface area contributed by atoms with Crippen molar-refractivity contribution in [3.8, 4) is 0 Å². The van der Waals surface area contributed by atoms with Gasteiger partial charge in [0.25, 0.3) is 0 Å². The van der Waals surface area contributed by atoms with Gasteiger partial charge in [0.1, 0.15) is 11.6 Å². The molecule has 0 aliphatic rings. The van der Waals surface area contributed by atoms with E-state index in [-0.39, 0.29) is 4.47 Å². The van der Waals surface area contributed by atoms with Crippen molar-refractivity contribution in [1.82, 2.24) is 0 Å². The minimum absolute atomic E-state index is 0.113. The average molecular weight is 286 g/mol. The summed E-state index contributed by atoms with van der Waals surface area (Å²) in [5.41, 5.74) is 0.401. The molecule has 60 valence electrons. The van der Waals surface area contributed by atoms with Crippen molar-refractivity contribution in [2.24, 2.45) is 0 Å². The summed E-state index contributed by atoms with van der Waals surface area (Å²) < 4.78 is 26.0. The maximum Gasteiger partial charge on any atom is 0.144 e. The highest BCUT2D eigenvalue weighted by Crippen LogP contribution is 2.28. The van der Waals surface area contributed by atoms with Gasteiger partial charge in [-0.3, -0.25) is 0 Å². The predicted molar refractivity (Wildman–Crippen MR) is 46.5 cm³/mol. The van der Waals surface area contributed by atoms with Crippen LogP contribution in [0.15, 0.2) is 15.0 Å². The van der Waals surface area contributed by atoms with E-state index in [0.29, 0.717) is 10.0 Å². The number of benzene rings is 1. The highest BCUT2D eigenvalue weighted by Gasteiger charge is 2.11. The molecule has 0 aromatic heterocycles. The quantitative estimate of drug-likeness (QED) is 0.502. The van der Waals surface area contributed by atoms with E-state index in [1.807, 2.05) is 0 Å². The van der Waals surface area contributed by atoms with Gasteiger partial charge in [-0.2, -0.15) is 0 Å². The normalized spacial score (nSPS) is 10.3. The third kappa shape index (κ3) is 1.62. The summed E-state index contributed by atoms with van der Waals surface area (Å²) in [6, 6.07) is 1.22. The van der Waals surface area contributed by atoms with E-state index < -0.39 is 11.6 Å². The molecular formula is C7H4Br2F2. The lowest BCUT2D eigenvalue weighted by Crippen LogP contribution is -1.89. The standard InChI is InChI=1S/C7H4Br2F2/c1-3-4(8)2-5(10)6(9)7(3)11/h2H,1H3. The highest BCUT2D eigenvalue weighted by molar-refractivity contribution is 9.11. The largest absolute Gasteiger partial charge is 0.206 e. The van der Waals surface area contributed by atoms with E-state index in [2.05, 4.69) is 31.9 Å². The third-order valence-corrected chi connectivity index (χ3v) is 2.89. The van der Waals surface area contributed by atoms with Gasteiger partial charge in [-0.15, -0.1) is 0 Å². The van der Waals surface area contributed by atoms with Crippen molar-refractivity contribution >= 4 is 31.9 Å². The van der Waals surface area contributed by atoms with Crippen LogP contribution in [0, 0.1) is 18.6 Å². The van der Waals surface area contributed by atoms with E-state index in [0.717, 1.165) is 0 Å². The van der Waals surface area contributed by atoms with Gasteiger partial charge < -0.3 is 0 Å². The Balaban J connectivity index is 3.46. The topological polar surface area (TPSA) is 0 Å². The smallest absolute Gasteiger partial charge is 0.144 e. The maximum absolute atomic E-state index is 12.9. The molecule has 0 heterocycles. The molecule has 1 aromatic carbocycles. The van der Waals surface area contributed by atoms with Gasteiger partial charge in [-0.05, 0) is 28.9 Å². The van der Waals surface area contributed by atoms with Gasteiger partial charge in [-0.25, -0.2) is 8.78 Å². The molecule has 0 atom stereocenters. The first-order chi connectivity index (χ1) is 5.04. The molecule has 11 heavy (non-hydrogen) atoms. The monoisotopic (exact) mass is 284 g/mol. The first-order valence-corrected chi connectivity index (χ1v) is 4.42. The molecule has 0 bridgehead atoms. The lowest BCUT2D eigenvalue weighted by molar-refractivity contribution is 0.564. The molecular weight excluding hydrogens is 282 g/mol. The van der Waals surface area contributed by atoms with Gasteiger partial charge in [0.05, 0.1) is 4.47 Å². The van der Waals surface area contributed by atoms with Crippen molar-refractivity contribution in [3.63, 3.8) is 0 Å². The SMILES string of the molecule is Cc1c(Br)cc(F)c(Br)c1F. The van der Waals surface area contributed by atoms with Gasteiger partial charge in [0, 0.05) is 10.0 Å². The van der Waals surface area contributed by atoms with Crippen molar-refractivity contribution in [2.75, 3.05) is 0 Å². The average Bonchev–Trinajstić information content (AvgIpc) is 1.97. The lowest BCUT2D eigenvalue weighted by atomic mass is 10.2. The predicted octanol–water partition coefficient (Wildman–Crippen LogP) is 3.80. The Morgan fingerprint density at radius 1 is 1.27 bits per heavy atom. The van der Waals surface area contributed by atoms with E-state index in [1.165, 1.54) is 6.07 Å². The van der Waals surface area contributed by atoms with E-state index in [4.69, 9.17) is 0 Å². The van der Waals surface area contributed by atoms with Crippen LogP contribution < -0.4 is 0 Å². The summed E-state index contributed by atoms with van der Waals surface area (Å²) in [5, 5.41) is 0. The van der Waals surface area contributed by atoms with E-state index in [9.17, 15) is 8.78 Å². The van der Waals surface area contributed by atoms with Crippen LogP contribution >= 0.6 is 31.9 Å². The molecule has 4 heteroatoms. The summed E-state index contributed by atoms with van der Waals surface area (Å²) >= 11 is 5.82. The molecule has 0 aliphatic heterocycles. The molecule has 0 nitrogen and oxygen atoms in total. The van der Waals surface area contributed by atoms with Crippen LogP contribution in [-0.2, 0) is 0 Å². The summed E-state index contributed by atoms with van der Waals surface area (Å²) in [5.74, 6) is -1.16. The lowest BCUT2D eigenvalue weighted by Gasteiger charge is -2.02. The Labute approximate surface area is 79.9 Å². The molecule has 0 saturated heterocycles. The molecule has 0 saturated carbocycles. The Morgan fingerprint density at radius 2 is 1.82 bits per heavy atom. The zero-order chi connectivity index (χ0) is 8.59. The van der Waals surface area contributed by atoms with E-state index in [1.54, 1.807) is 6.92 Å². The summed E-state index contributed by atoms with van der Waals surface area (Å²) in [7, 11) is 0. The summed E-state index contributed by atoms with van der Waals surface area (Å²) in [6.07, 6.45) is 0. The van der Waals surface area contributed by atoms with E-state index >= 15 is 0 Å². The summed E-state index contributed by atoms with van der Waals surface area (Å²) in [6.45, 7) is 1.57. The van der Waals surface area contributed by atoms with Crippen molar-refractivity contribution in [2.45, 2.75) is 6.92 Å². The van der Waals surface area contributed by atoms with Gasteiger partial charge in [0.15, 0.2) is 0 Å². The third-order valence-electron chi connectivity index (χ3n) is 1.34. The fraction of sp³-hybridized carbons (Fsp3) is 0.143. The maximum atomic E-state index is 12.9. The summed E-state index contributed by atoms with van der Waals surface area (Å²) in [4.78, 5) is 0. The molecule has 0 amide bonds. The van der Waals surface area contributed by atoms with Crippen molar-refractivity contribution in [3.05, 3.63) is 32.2 Å². The highest BCUT2D eigenvalue weighted by atomic mass is 79.9. The molecule has 0 spiro atoms. The Morgan fingerprint density at radius 3 is 2.36 bits per heavy atom.